The molecule has 0 radical (unpaired) electrons. The topological polar surface area (TPSA) is 62.6 Å². The number of nitrogens with zero attached hydrogens (tertiary/aromatic N) is 2. The van der Waals surface area contributed by atoms with Crippen LogP contribution in [0.2, 0.25) is 0 Å². The smallest absolute Gasteiger partial charge is 0.243 e. The van der Waals surface area contributed by atoms with Gasteiger partial charge < -0.3 is 14.4 Å². The van der Waals surface area contributed by atoms with E-state index < -0.39 is 5.41 Å². The van der Waals surface area contributed by atoms with Crippen LogP contribution in [0.25, 0.3) is 0 Å². The number of hydrogen-bond acceptors (Lipinski definition) is 4. The van der Waals surface area contributed by atoms with Crippen molar-refractivity contribution < 1.29 is 14.3 Å². The van der Waals surface area contributed by atoms with Gasteiger partial charge in [-0.25, -0.2) is 0 Å². The molecule has 1 rings (SSSR count). The van der Waals surface area contributed by atoms with Crippen LogP contribution in [0.3, 0.4) is 0 Å². The molecule has 1 fully saturated rings. The van der Waals surface area contributed by atoms with Crippen LogP contribution in [-0.2, 0) is 14.3 Å². The van der Waals surface area contributed by atoms with Crippen LogP contribution in [0, 0.1) is 16.7 Å². The molecule has 0 aromatic carbocycles. The maximum absolute atomic E-state index is 12.4. The van der Waals surface area contributed by atoms with Crippen LogP contribution in [0.5, 0.6) is 0 Å². The highest BCUT2D eigenvalue weighted by Crippen LogP contribution is 2.31. The van der Waals surface area contributed by atoms with Crippen molar-refractivity contribution in [2.45, 2.75) is 19.8 Å². The van der Waals surface area contributed by atoms with Gasteiger partial charge >= 0.3 is 0 Å². The summed E-state index contributed by atoms with van der Waals surface area (Å²) in [5.41, 5.74) is -0.887. The molecule has 96 valence electrons. The van der Waals surface area contributed by atoms with Crippen molar-refractivity contribution in [3.63, 3.8) is 0 Å². The molecule has 1 aliphatic rings. The largest absolute Gasteiger partial charge is 0.383 e. The van der Waals surface area contributed by atoms with Crippen LogP contribution in [0.15, 0.2) is 0 Å². The van der Waals surface area contributed by atoms with Crippen LogP contribution < -0.4 is 0 Å². The molecule has 0 spiro atoms. The number of carbonyl (C=O) groups excluding carboxylic acids is 1. The third-order valence-electron chi connectivity index (χ3n) is 3.20. The Morgan fingerprint density at radius 2 is 2.18 bits per heavy atom. The quantitative estimate of drug-likeness (QED) is 0.713. The van der Waals surface area contributed by atoms with E-state index in [0.29, 0.717) is 45.8 Å². The summed E-state index contributed by atoms with van der Waals surface area (Å²) < 4.78 is 10.2. The van der Waals surface area contributed by atoms with Crippen LogP contribution in [-0.4, -0.2) is 50.8 Å². The lowest BCUT2D eigenvalue weighted by Crippen LogP contribution is -2.47. The summed E-state index contributed by atoms with van der Waals surface area (Å²) in [4.78, 5) is 14.1. The van der Waals surface area contributed by atoms with Crippen molar-refractivity contribution in [2.75, 3.05) is 40.0 Å². The standard InChI is InChI=1S/C12H20N2O3/c1-3-14(6-9-16-2)11(15)12(10-13)4-7-17-8-5-12/h3-9H2,1-2H3. The van der Waals surface area contributed by atoms with E-state index in [9.17, 15) is 10.1 Å². The number of carbonyl (C=O) groups is 1. The fraction of sp³-hybridized carbons (Fsp3) is 0.833. The number of ether oxygens (including phenoxy) is 2. The number of rotatable bonds is 5. The highest BCUT2D eigenvalue weighted by molar-refractivity contribution is 5.85. The zero-order valence-corrected chi connectivity index (χ0v) is 10.6. The monoisotopic (exact) mass is 240 g/mol. The fourth-order valence-corrected chi connectivity index (χ4v) is 2.00. The Morgan fingerprint density at radius 3 is 2.65 bits per heavy atom. The van der Waals surface area contributed by atoms with Gasteiger partial charge in [0, 0.05) is 33.4 Å². The first kappa shape index (κ1) is 13.9. The first-order valence-corrected chi connectivity index (χ1v) is 5.97. The molecule has 1 heterocycles. The van der Waals surface area contributed by atoms with Gasteiger partial charge in [-0.05, 0) is 19.8 Å². The van der Waals surface area contributed by atoms with Gasteiger partial charge in [0.05, 0.1) is 12.7 Å². The maximum Gasteiger partial charge on any atom is 0.243 e. The molecule has 1 aliphatic heterocycles. The average Bonchev–Trinajstić information content (AvgIpc) is 2.40. The SMILES string of the molecule is CCN(CCOC)C(=O)C1(C#N)CCOCC1. The Morgan fingerprint density at radius 1 is 1.53 bits per heavy atom. The van der Waals surface area contributed by atoms with Crippen LogP contribution in [0.4, 0.5) is 0 Å². The molecule has 0 unspecified atom stereocenters. The number of likely N-dealkylation sites (N-methyl/N-ethyl adjacent to an activating group) is 1. The number of hydrogen-bond donors (Lipinski definition) is 0. The summed E-state index contributed by atoms with van der Waals surface area (Å²) in [7, 11) is 1.60. The van der Waals surface area contributed by atoms with E-state index in [-0.39, 0.29) is 5.91 Å². The maximum atomic E-state index is 12.4. The van der Waals surface area contributed by atoms with Gasteiger partial charge in [-0.15, -0.1) is 0 Å². The Hall–Kier alpha value is -1.12. The van der Waals surface area contributed by atoms with E-state index in [4.69, 9.17) is 9.47 Å². The summed E-state index contributed by atoms with van der Waals surface area (Å²) >= 11 is 0. The normalized spacial score (nSPS) is 18.4. The molecule has 0 atom stereocenters. The van der Waals surface area contributed by atoms with Crippen molar-refractivity contribution in [2.24, 2.45) is 5.41 Å². The molecule has 5 heteroatoms. The summed E-state index contributed by atoms with van der Waals surface area (Å²) in [6, 6.07) is 2.20. The van der Waals surface area contributed by atoms with Gasteiger partial charge in [-0.2, -0.15) is 5.26 Å². The minimum absolute atomic E-state index is 0.0807. The Kier molecular flexibility index (Phi) is 5.39. The molecule has 1 saturated heterocycles. The number of nitriles is 1. The van der Waals surface area contributed by atoms with E-state index in [1.54, 1.807) is 12.0 Å². The Bertz CT molecular complexity index is 293. The summed E-state index contributed by atoms with van der Waals surface area (Å²) in [6.45, 7) is 4.53. The minimum Gasteiger partial charge on any atom is -0.383 e. The Balaban J connectivity index is 2.73. The highest BCUT2D eigenvalue weighted by atomic mass is 16.5. The van der Waals surface area contributed by atoms with Crippen molar-refractivity contribution >= 4 is 5.91 Å². The van der Waals surface area contributed by atoms with Gasteiger partial charge in [0.1, 0.15) is 5.41 Å². The second kappa shape index (κ2) is 6.58. The zero-order chi connectivity index (χ0) is 12.7. The van der Waals surface area contributed by atoms with Crippen LogP contribution in [0.1, 0.15) is 19.8 Å². The lowest BCUT2D eigenvalue weighted by Gasteiger charge is -2.34. The first-order chi connectivity index (χ1) is 8.20. The molecule has 0 saturated carbocycles. The lowest BCUT2D eigenvalue weighted by atomic mass is 9.80. The molecule has 0 bridgehead atoms. The summed E-state index contributed by atoms with van der Waals surface area (Å²) in [5.74, 6) is -0.0807. The van der Waals surface area contributed by atoms with E-state index in [1.165, 1.54) is 0 Å². The van der Waals surface area contributed by atoms with Crippen molar-refractivity contribution in [3.8, 4) is 6.07 Å². The minimum atomic E-state index is -0.887. The third kappa shape index (κ3) is 3.18. The van der Waals surface area contributed by atoms with Gasteiger partial charge in [0.25, 0.3) is 0 Å². The molecule has 17 heavy (non-hydrogen) atoms. The van der Waals surface area contributed by atoms with E-state index in [2.05, 4.69) is 6.07 Å². The molecular formula is C12H20N2O3. The Labute approximate surface area is 102 Å². The van der Waals surface area contributed by atoms with Crippen molar-refractivity contribution in [3.05, 3.63) is 0 Å². The molecule has 0 aliphatic carbocycles. The van der Waals surface area contributed by atoms with E-state index >= 15 is 0 Å². The van der Waals surface area contributed by atoms with Gasteiger partial charge in [-0.1, -0.05) is 0 Å². The van der Waals surface area contributed by atoms with E-state index in [0.717, 1.165) is 0 Å². The molecular weight excluding hydrogens is 220 g/mol. The summed E-state index contributed by atoms with van der Waals surface area (Å²) in [6.07, 6.45) is 0.984. The average molecular weight is 240 g/mol. The first-order valence-electron chi connectivity index (χ1n) is 5.97. The molecule has 0 N–H and O–H groups in total. The third-order valence-corrected chi connectivity index (χ3v) is 3.20. The number of methoxy groups -OCH3 is 1. The molecule has 5 nitrogen and oxygen atoms in total. The number of amides is 1. The molecule has 0 aromatic heterocycles. The van der Waals surface area contributed by atoms with Crippen LogP contribution >= 0.6 is 0 Å². The van der Waals surface area contributed by atoms with Gasteiger partial charge in [0.2, 0.25) is 5.91 Å². The predicted octanol–water partition coefficient (Wildman–Crippen LogP) is 0.802. The lowest BCUT2D eigenvalue weighted by molar-refractivity contribution is -0.143. The molecule has 0 aromatic rings. The van der Waals surface area contributed by atoms with Gasteiger partial charge in [0.15, 0.2) is 0 Å². The predicted molar refractivity (Wildman–Crippen MR) is 62.2 cm³/mol. The fourth-order valence-electron chi connectivity index (χ4n) is 2.00. The summed E-state index contributed by atoms with van der Waals surface area (Å²) in [5, 5.41) is 9.30. The van der Waals surface area contributed by atoms with Crippen molar-refractivity contribution in [1.82, 2.24) is 4.90 Å². The van der Waals surface area contributed by atoms with Gasteiger partial charge in [-0.3, -0.25) is 4.79 Å². The second-order valence-electron chi connectivity index (χ2n) is 4.18. The second-order valence-corrected chi connectivity index (χ2v) is 4.18. The van der Waals surface area contributed by atoms with Crippen molar-refractivity contribution in [1.29, 1.82) is 5.26 Å². The molecule has 1 amide bonds. The highest BCUT2D eigenvalue weighted by Gasteiger charge is 2.42. The van der Waals surface area contributed by atoms with E-state index in [1.807, 2.05) is 6.92 Å². The zero-order valence-electron chi connectivity index (χ0n) is 10.6.